The van der Waals surface area contributed by atoms with Gasteiger partial charge in [0.2, 0.25) is 0 Å². The number of benzene rings is 1. The SMILES string of the molecule is COC(=O)C1=C(C(=O)OC)N(c2cc(F)c(Br)cc2OCC(F)(F)F)COC1. The van der Waals surface area contributed by atoms with Gasteiger partial charge in [0, 0.05) is 6.07 Å². The summed E-state index contributed by atoms with van der Waals surface area (Å²) in [6.07, 6.45) is -4.66. The van der Waals surface area contributed by atoms with Crippen LogP contribution in [0.25, 0.3) is 0 Å². The monoisotopic (exact) mass is 471 g/mol. The zero-order valence-electron chi connectivity index (χ0n) is 14.6. The van der Waals surface area contributed by atoms with E-state index in [0.29, 0.717) is 0 Å². The molecule has 0 saturated heterocycles. The Balaban J connectivity index is 2.61. The molecule has 0 atom stereocenters. The van der Waals surface area contributed by atoms with Crippen LogP contribution in [0.15, 0.2) is 27.9 Å². The number of esters is 2. The highest BCUT2D eigenvalue weighted by Crippen LogP contribution is 2.38. The molecule has 2 rings (SSSR count). The van der Waals surface area contributed by atoms with Gasteiger partial charge in [0.1, 0.15) is 24.0 Å². The number of halogens is 5. The van der Waals surface area contributed by atoms with Gasteiger partial charge in [0.25, 0.3) is 0 Å². The van der Waals surface area contributed by atoms with E-state index in [4.69, 9.17) is 9.47 Å². The van der Waals surface area contributed by atoms with Crippen molar-refractivity contribution in [2.75, 3.05) is 39.1 Å². The molecule has 7 nitrogen and oxygen atoms in total. The van der Waals surface area contributed by atoms with E-state index in [0.717, 1.165) is 31.3 Å². The first-order chi connectivity index (χ1) is 13.1. The highest BCUT2D eigenvalue weighted by atomic mass is 79.9. The van der Waals surface area contributed by atoms with Crippen molar-refractivity contribution in [1.29, 1.82) is 0 Å². The highest BCUT2D eigenvalue weighted by Gasteiger charge is 2.35. The van der Waals surface area contributed by atoms with Gasteiger partial charge in [-0.3, -0.25) is 0 Å². The summed E-state index contributed by atoms with van der Waals surface area (Å²) in [5.41, 5.74) is -0.878. The standard InChI is InChI=1S/C16H14BrF4NO6/c1-25-14(23)8-5-27-7-22(13(8)15(24)26-2)11-4-10(18)9(17)3-12(11)28-6-16(19,20)21/h3-4H,5-7H2,1-2H3. The lowest BCUT2D eigenvalue weighted by molar-refractivity contribution is -0.153. The van der Waals surface area contributed by atoms with Gasteiger partial charge in [-0.2, -0.15) is 13.2 Å². The number of carbonyl (C=O) groups excluding carboxylic acids is 2. The summed E-state index contributed by atoms with van der Waals surface area (Å²) in [4.78, 5) is 25.2. The number of nitrogens with zero attached hydrogens (tertiary/aromatic N) is 1. The van der Waals surface area contributed by atoms with E-state index in [1.54, 1.807) is 0 Å². The molecule has 1 aromatic rings. The van der Waals surface area contributed by atoms with Crippen molar-refractivity contribution in [3.63, 3.8) is 0 Å². The van der Waals surface area contributed by atoms with E-state index in [2.05, 4.69) is 25.4 Å². The lowest BCUT2D eigenvalue weighted by atomic mass is 10.1. The summed E-state index contributed by atoms with van der Waals surface area (Å²) >= 11 is 2.86. The number of ether oxygens (including phenoxy) is 4. The van der Waals surface area contributed by atoms with Gasteiger partial charge in [0.15, 0.2) is 6.61 Å². The molecule has 0 N–H and O–H groups in total. The molecule has 1 heterocycles. The van der Waals surface area contributed by atoms with Crippen LogP contribution in [0.3, 0.4) is 0 Å². The molecule has 0 bridgehead atoms. The van der Waals surface area contributed by atoms with E-state index in [1.807, 2.05) is 0 Å². The Morgan fingerprint density at radius 2 is 1.86 bits per heavy atom. The topological polar surface area (TPSA) is 74.3 Å². The maximum atomic E-state index is 14.1. The van der Waals surface area contributed by atoms with Crippen molar-refractivity contribution in [3.05, 3.63) is 33.7 Å². The summed E-state index contributed by atoms with van der Waals surface area (Å²) in [5, 5.41) is 0. The fourth-order valence-electron chi connectivity index (χ4n) is 2.34. The first-order valence-corrected chi connectivity index (χ1v) is 8.32. The van der Waals surface area contributed by atoms with Crippen LogP contribution in [0.2, 0.25) is 0 Å². The Hall–Kier alpha value is -2.34. The van der Waals surface area contributed by atoms with E-state index in [9.17, 15) is 27.2 Å². The third-order valence-corrected chi connectivity index (χ3v) is 4.12. The molecular weight excluding hydrogens is 458 g/mol. The van der Waals surface area contributed by atoms with Crippen LogP contribution < -0.4 is 9.64 Å². The van der Waals surface area contributed by atoms with Crippen LogP contribution in [0.1, 0.15) is 0 Å². The summed E-state index contributed by atoms with van der Waals surface area (Å²) in [6.45, 7) is -2.35. The van der Waals surface area contributed by atoms with Crippen molar-refractivity contribution < 1.29 is 46.1 Å². The second-order valence-electron chi connectivity index (χ2n) is 5.35. The minimum absolute atomic E-state index is 0.164. The van der Waals surface area contributed by atoms with Gasteiger partial charge in [0.05, 0.1) is 36.6 Å². The first-order valence-electron chi connectivity index (χ1n) is 7.52. The van der Waals surface area contributed by atoms with Crippen molar-refractivity contribution in [1.82, 2.24) is 0 Å². The van der Waals surface area contributed by atoms with E-state index < -0.39 is 36.3 Å². The second kappa shape index (κ2) is 8.78. The Morgan fingerprint density at radius 3 is 2.43 bits per heavy atom. The minimum atomic E-state index is -4.66. The molecule has 0 unspecified atom stereocenters. The van der Waals surface area contributed by atoms with Crippen molar-refractivity contribution in [3.8, 4) is 5.75 Å². The van der Waals surface area contributed by atoms with Gasteiger partial charge < -0.3 is 23.8 Å². The Labute approximate surface area is 164 Å². The zero-order chi connectivity index (χ0) is 21.1. The largest absolute Gasteiger partial charge is 0.482 e. The van der Waals surface area contributed by atoms with Gasteiger partial charge in [-0.25, -0.2) is 14.0 Å². The van der Waals surface area contributed by atoms with E-state index in [1.165, 1.54) is 0 Å². The molecule has 1 aromatic carbocycles. The molecule has 1 aliphatic heterocycles. The number of carbonyl (C=O) groups is 2. The summed E-state index contributed by atoms with van der Waals surface area (Å²) in [5.74, 6) is -3.15. The highest BCUT2D eigenvalue weighted by molar-refractivity contribution is 9.10. The number of hydrogen-bond donors (Lipinski definition) is 0. The first kappa shape index (κ1) is 22.0. The van der Waals surface area contributed by atoms with Gasteiger partial charge in [-0.1, -0.05) is 0 Å². The molecular formula is C16H14BrF4NO6. The molecule has 0 spiro atoms. The Bertz CT molecular complexity index is 811. The lowest BCUT2D eigenvalue weighted by Crippen LogP contribution is -2.39. The average Bonchev–Trinajstić information content (AvgIpc) is 2.66. The molecule has 0 radical (unpaired) electrons. The number of hydrogen-bond acceptors (Lipinski definition) is 7. The molecule has 28 heavy (non-hydrogen) atoms. The predicted octanol–water partition coefficient (Wildman–Crippen LogP) is 2.92. The predicted molar refractivity (Wildman–Crippen MR) is 90.0 cm³/mol. The molecule has 0 amide bonds. The summed E-state index contributed by atoms with van der Waals surface area (Å²) < 4.78 is 70.9. The third kappa shape index (κ3) is 4.93. The fraction of sp³-hybridized carbons (Fsp3) is 0.375. The normalized spacial score (nSPS) is 14.8. The molecule has 0 saturated carbocycles. The number of anilines is 1. The van der Waals surface area contributed by atoms with Crippen LogP contribution in [0.5, 0.6) is 5.75 Å². The van der Waals surface area contributed by atoms with Crippen LogP contribution in [-0.2, 0) is 23.8 Å². The number of methoxy groups -OCH3 is 2. The Morgan fingerprint density at radius 1 is 1.21 bits per heavy atom. The van der Waals surface area contributed by atoms with Gasteiger partial charge in [-0.05, 0) is 22.0 Å². The molecule has 0 aromatic heterocycles. The quantitative estimate of drug-likeness (QED) is 0.482. The summed E-state index contributed by atoms with van der Waals surface area (Å²) in [6, 6.07) is 1.81. The van der Waals surface area contributed by atoms with Gasteiger partial charge in [-0.15, -0.1) is 0 Å². The van der Waals surface area contributed by atoms with Crippen LogP contribution in [-0.4, -0.2) is 52.3 Å². The van der Waals surface area contributed by atoms with E-state index >= 15 is 0 Å². The molecule has 0 aliphatic carbocycles. The van der Waals surface area contributed by atoms with Crippen molar-refractivity contribution in [2.45, 2.75) is 6.18 Å². The molecule has 1 aliphatic rings. The van der Waals surface area contributed by atoms with Gasteiger partial charge >= 0.3 is 18.1 Å². The van der Waals surface area contributed by atoms with Crippen LogP contribution >= 0.6 is 15.9 Å². The lowest BCUT2D eigenvalue weighted by Gasteiger charge is -2.32. The Kier molecular flexibility index (Phi) is 6.88. The minimum Gasteiger partial charge on any atom is -0.482 e. The molecule has 0 fully saturated rings. The average molecular weight is 472 g/mol. The number of alkyl halides is 3. The molecule has 12 heteroatoms. The van der Waals surface area contributed by atoms with Crippen molar-refractivity contribution in [2.24, 2.45) is 0 Å². The smallest absolute Gasteiger partial charge is 0.422 e. The zero-order valence-corrected chi connectivity index (χ0v) is 16.1. The van der Waals surface area contributed by atoms with Crippen molar-refractivity contribution >= 4 is 33.6 Å². The number of rotatable bonds is 5. The summed E-state index contributed by atoms with van der Waals surface area (Å²) in [7, 11) is 2.11. The second-order valence-corrected chi connectivity index (χ2v) is 6.21. The third-order valence-electron chi connectivity index (χ3n) is 3.52. The van der Waals surface area contributed by atoms with Crippen LogP contribution in [0, 0.1) is 5.82 Å². The maximum Gasteiger partial charge on any atom is 0.422 e. The van der Waals surface area contributed by atoms with Crippen LogP contribution in [0.4, 0.5) is 23.2 Å². The van der Waals surface area contributed by atoms with E-state index in [-0.39, 0.29) is 34.8 Å². The molecule has 154 valence electrons. The fourth-order valence-corrected chi connectivity index (χ4v) is 2.66. The maximum absolute atomic E-state index is 14.1.